The van der Waals surface area contributed by atoms with Gasteiger partial charge in [-0.15, -0.1) is 11.3 Å². The summed E-state index contributed by atoms with van der Waals surface area (Å²) in [4.78, 5) is 7.92. The third-order valence-electron chi connectivity index (χ3n) is 3.17. The molecule has 0 amide bonds. The maximum atomic E-state index is 9.05. The van der Waals surface area contributed by atoms with Crippen molar-refractivity contribution < 1.29 is 0 Å². The maximum absolute atomic E-state index is 9.05. The standard InChI is InChI=1S/C13H19N3S/c1-2-5-11-12(10-14)17-13(15-11)6-9-16-7-3-4-8-16/h2-9H2,1H3. The Morgan fingerprint density at radius 1 is 1.35 bits per heavy atom. The van der Waals surface area contributed by atoms with Gasteiger partial charge in [0.25, 0.3) is 0 Å². The summed E-state index contributed by atoms with van der Waals surface area (Å²) >= 11 is 1.58. The highest BCUT2D eigenvalue weighted by Crippen LogP contribution is 2.20. The highest BCUT2D eigenvalue weighted by molar-refractivity contribution is 7.12. The van der Waals surface area contributed by atoms with Gasteiger partial charge in [0.15, 0.2) is 0 Å². The lowest BCUT2D eigenvalue weighted by molar-refractivity contribution is 0.343. The molecule has 0 aliphatic carbocycles. The van der Waals surface area contributed by atoms with E-state index in [1.165, 1.54) is 25.9 Å². The number of rotatable bonds is 5. The van der Waals surface area contributed by atoms with Gasteiger partial charge in [-0.2, -0.15) is 5.26 Å². The minimum absolute atomic E-state index is 0.822. The molecular weight excluding hydrogens is 230 g/mol. The van der Waals surface area contributed by atoms with Crippen molar-refractivity contribution in [1.82, 2.24) is 9.88 Å². The van der Waals surface area contributed by atoms with Gasteiger partial charge in [-0.1, -0.05) is 13.3 Å². The number of aryl methyl sites for hydroxylation is 1. The molecule has 0 N–H and O–H groups in total. The fourth-order valence-electron chi connectivity index (χ4n) is 2.26. The molecule has 2 heterocycles. The highest BCUT2D eigenvalue weighted by Gasteiger charge is 2.14. The summed E-state index contributed by atoms with van der Waals surface area (Å²) in [6, 6.07) is 2.27. The van der Waals surface area contributed by atoms with E-state index in [4.69, 9.17) is 5.26 Å². The summed E-state index contributed by atoms with van der Waals surface area (Å²) < 4.78 is 0. The first-order valence-electron chi connectivity index (χ1n) is 6.44. The van der Waals surface area contributed by atoms with E-state index in [1.54, 1.807) is 11.3 Å². The molecule has 0 unspecified atom stereocenters. The predicted octanol–water partition coefficient (Wildman–Crippen LogP) is 2.61. The second-order valence-corrected chi connectivity index (χ2v) is 5.63. The van der Waals surface area contributed by atoms with Crippen molar-refractivity contribution in [2.75, 3.05) is 19.6 Å². The minimum Gasteiger partial charge on any atom is -0.303 e. The first-order valence-corrected chi connectivity index (χ1v) is 7.26. The SMILES string of the molecule is CCCc1nc(CCN2CCCC2)sc1C#N. The molecule has 17 heavy (non-hydrogen) atoms. The predicted molar refractivity (Wildman–Crippen MR) is 70.2 cm³/mol. The zero-order chi connectivity index (χ0) is 12.1. The molecule has 1 aromatic heterocycles. The lowest BCUT2D eigenvalue weighted by Crippen LogP contribution is -2.21. The second kappa shape index (κ2) is 6.13. The fraction of sp³-hybridized carbons (Fsp3) is 0.692. The number of hydrogen-bond acceptors (Lipinski definition) is 4. The van der Waals surface area contributed by atoms with Gasteiger partial charge in [-0.05, 0) is 32.4 Å². The molecule has 92 valence electrons. The average Bonchev–Trinajstić information content (AvgIpc) is 2.95. The van der Waals surface area contributed by atoms with Crippen LogP contribution in [0.5, 0.6) is 0 Å². The van der Waals surface area contributed by atoms with Crippen LogP contribution < -0.4 is 0 Å². The fourth-order valence-corrected chi connectivity index (χ4v) is 3.16. The van der Waals surface area contributed by atoms with Crippen LogP contribution in [0.2, 0.25) is 0 Å². The van der Waals surface area contributed by atoms with E-state index in [9.17, 15) is 0 Å². The van der Waals surface area contributed by atoms with E-state index < -0.39 is 0 Å². The molecule has 0 saturated carbocycles. The van der Waals surface area contributed by atoms with Crippen molar-refractivity contribution >= 4 is 11.3 Å². The van der Waals surface area contributed by atoms with Crippen LogP contribution in [0.3, 0.4) is 0 Å². The van der Waals surface area contributed by atoms with E-state index in [2.05, 4.69) is 22.9 Å². The number of nitriles is 1. The molecule has 4 heteroatoms. The minimum atomic E-state index is 0.822. The number of aromatic nitrogens is 1. The Hall–Kier alpha value is -0.920. The van der Waals surface area contributed by atoms with Gasteiger partial charge >= 0.3 is 0 Å². The van der Waals surface area contributed by atoms with Crippen molar-refractivity contribution in [1.29, 1.82) is 5.26 Å². The normalized spacial score (nSPS) is 16.2. The molecule has 0 atom stereocenters. The molecule has 1 aromatic rings. The zero-order valence-corrected chi connectivity index (χ0v) is 11.2. The molecule has 1 aliphatic heterocycles. The largest absolute Gasteiger partial charge is 0.303 e. The van der Waals surface area contributed by atoms with E-state index >= 15 is 0 Å². The van der Waals surface area contributed by atoms with Gasteiger partial charge < -0.3 is 4.90 Å². The third-order valence-corrected chi connectivity index (χ3v) is 4.23. The quantitative estimate of drug-likeness (QED) is 0.805. The zero-order valence-electron chi connectivity index (χ0n) is 10.4. The van der Waals surface area contributed by atoms with Gasteiger partial charge in [0, 0.05) is 13.0 Å². The Kier molecular flexibility index (Phi) is 4.52. The summed E-state index contributed by atoms with van der Waals surface area (Å²) in [5, 5.41) is 10.2. The number of thiazole rings is 1. The van der Waals surface area contributed by atoms with Crippen LogP contribution in [-0.2, 0) is 12.8 Å². The maximum Gasteiger partial charge on any atom is 0.128 e. The molecule has 0 radical (unpaired) electrons. The summed E-state index contributed by atoms with van der Waals surface area (Å²) in [6.07, 6.45) is 5.67. The van der Waals surface area contributed by atoms with Crippen LogP contribution >= 0.6 is 11.3 Å². The van der Waals surface area contributed by atoms with E-state index in [1.807, 2.05) is 0 Å². The highest BCUT2D eigenvalue weighted by atomic mass is 32.1. The van der Waals surface area contributed by atoms with Crippen LogP contribution in [0.4, 0.5) is 0 Å². The molecule has 2 rings (SSSR count). The lowest BCUT2D eigenvalue weighted by atomic mass is 10.2. The van der Waals surface area contributed by atoms with Crippen LogP contribution in [0.1, 0.15) is 41.8 Å². The van der Waals surface area contributed by atoms with Crippen molar-refractivity contribution in [2.24, 2.45) is 0 Å². The van der Waals surface area contributed by atoms with Crippen molar-refractivity contribution in [3.8, 4) is 6.07 Å². The summed E-state index contributed by atoms with van der Waals surface area (Å²) in [6.45, 7) is 5.70. The molecule has 1 fully saturated rings. The molecule has 1 saturated heterocycles. The van der Waals surface area contributed by atoms with Gasteiger partial charge in [-0.3, -0.25) is 0 Å². The lowest BCUT2D eigenvalue weighted by Gasteiger charge is -2.12. The monoisotopic (exact) mass is 249 g/mol. The van der Waals surface area contributed by atoms with E-state index in [-0.39, 0.29) is 0 Å². The Morgan fingerprint density at radius 3 is 2.76 bits per heavy atom. The Bertz CT molecular complexity index is 399. The average molecular weight is 249 g/mol. The van der Waals surface area contributed by atoms with Crippen molar-refractivity contribution in [3.05, 3.63) is 15.6 Å². The van der Waals surface area contributed by atoms with Crippen LogP contribution in [0.15, 0.2) is 0 Å². The van der Waals surface area contributed by atoms with E-state index in [0.717, 1.165) is 41.4 Å². The topological polar surface area (TPSA) is 39.9 Å². The number of nitrogens with zero attached hydrogens (tertiary/aromatic N) is 3. The van der Waals surface area contributed by atoms with Crippen molar-refractivity contribution in [2.45, 2.75) is 39.0 Å². The van der Waals surface area contributed by atoms with Crippen LogP contribution in [0.25, 0.3) is 0 Å². The molecule has 0 spiro atoms. The van der Waals surface area contributed by atoms with Gasteiger partial charge in [-0.25, -0.2) is 4.98 Å². The summed E-state index contributed by atoms with van der Waals surface area (Å²) in [5.41, 5.74) is 1.01. The first-order chi connectivity index (χ1) is 8.33. The number of likely N-dealkylation sites (tertiary alicyclic amines) is 1. The number of hydrogen-bond donors (Lipinski definition) is 0. The Balaban J connectivity index is 1.93. The molecule has 0 aromatic carbocycles. The summed E-state index contributed by atoms with van der Waals surface area (Å²) in [7, 11) is 0. The van der Waals surface area contributed by atoms with Gasteiger partial charge in [0.2, 0.25) is 0 Å². The Labute approximate surface area is 107 Å². The van der Waals surface area contributed by atoms with Gasteiger partial charge in [0.05, 0.1) is 10.7 Å². The van der Waals surface area contributed by atoms with Crippen LogP contribution in [0, 0.1) is 11.3 Å². The molecule has 3 nitrogen and oxygen atoms in total. The van der Waals surface area contributed by atoms with Gasteiger partial charge in [0.1, 0.15) is 10.9 Å². The smallest absolute Gasteiger partial charge is 0.128 e. The molecule has 1 aliphatic rings. The third kappa shape index (κ3) is 3.27. The first kappa shape index (κ1) is 12.5. The summed E-state index contributed by atoms with van der Waals surface area (Å²) in [5.74, 6) is 0. The van der Waals surface area contributed by atoms with E-state index in [0.29, 0.717) is 0 Å². The Morgan fingerprint density at radius 2 is 2.12 bits per heavy atom. The molecular formula is C13H19N3S. The molecule has 0 bridgehead atoms. The van der Waals surface area contributed by atoms with Crippen LogP contribution in [-0.4, -0.2) is 29.5 Å². The second-order valence-electron chi connectivity index (χ2n) is 4.54. The van der Waals surface area contributed by atoms with Crippen molar-refractivity contribution in [3.63, 3.8) is 0 Å².